The van der Waals surface area contributed by atoms with Crippen molar-refractivity contribution in [2.75, 3.05) is 16.8 Å². The van der Waals surface area contributed by atoms with Gasteiger partial charge < -0.3 is 14.7 Å². The first-order chi connectivity index (χ1) is 15.4. The quantitative estimate of drug-likeness (QED) is 0.462. The average molecular weight is 447 g/mol. The Morgan fingerprint density at radius 1 is 1.19 bits per heavy atom. The first-order valence-corrected chi connectivity index (χ1v) is 11.3. The Balaban J connectivity index is 1.53. The lowest BCUT2D eigenvalue weighted by molar-refractivity contribution is -0.117. The number of aryl methyl sites for hydroxylation is 3. The minimum absolute atomic E-state index is 0.107. The molecule has 2 amide bonds. The molecule has 7 nitrogen and oxygen atoms in total. The highest BCUT2D eigenvalue weighted by atomic mass is 32.1. The van der Waals surface area contributed by atoms with Crippen molar-refractivity contribution in [2.24, 2.45) is 0 Å². The van der Waals surface area contributed by atoms with E-state index in [1.165, 1.54) is 4.88 Å². The third kappa shape index (κ3) is 3.56. The number of hydrogen-bond donors (Lipinski definition) is 1. The summed E-state index contributed by atoms with van der Waals surface area (Å²) in [5, 5.41) is 7.60. The van der Waals surface area contributed by atoms with Crippen LogP contribution in [0.2, 0.25) is 0 Å². The number of hydrogen-bond acceptors (Lipinski definition) is 6. The molecule has 5 rings (SSSR count). The summed E-state index contributed by atoms with van der Waals surface area (Å²) in [6, 6.07) is 11.2. The van der Waals surface area contributed by atoms with Crippen LogP contribution in [0.4, 0.5) is 11.4 Å². The van der Waals surface area contributed by atoms with Crippen molar-refractivity contribution in [3.05, 3.63) is 57.4 Å². The van der Waals surface area contributed by atoms with Gasteiger partial charge >= 0.3 is 0 Å². The Bertz CT molecular complexity index is 1370. The zero-order valence-corrected chi connectivity index (χ0v) is 18.9. The number of pyridine rings is 1. The molecule has 8 heteroatoms. The van der Waals surface area contributed by atoms with E-state index >= 15 is 0 Å². The largest absolute Gasteiger partial charge is 0.335 e. The van der Waals surface area contributed by atoms with Gasteiger partial charge in [0, 0.05) is 39.7 Å². The minimum Gasteiger partial charge on any atom is -0.335 e. The van der Waals surface area contributed by atoms with Crippen LogP contribution in [0.25, 0.3) is 22.4 Å². The number of anilines is 2. The van der Waals surface area contributed by atoms with Crippen LogP contribution in [0.3, 0.4) is 0 Å². The van der Waals surface area contributed by atoms with Crippen LogP contribution in [-0.4, -0.2) is 28.5 Å². The summed E-state index contributed by atoms with van der Waals surface area (Å²) in [7, 11) is 0. The van der Waals surface area contributed by atoms with Crippen molar-refractivity contribution in [2.45, 2.75) is 33.6 Å². The Morgan fingerprint density at radius 2 is 2.03 bits per heavy atom. The second kappa shape index (κ2) is 7.87. The fourth-order valence-electron chi connectivity index (χ4n) is 4.17. The van der Waals surface area contributed by atoms with E-state index in [9.17, 15) is 9.59 Å². The summed E-state index contributed by atoms with van der Waals surface area (Å²) in [6.07, 6.45) is 1.41. The fraction of sp³-hybridized carbons (Fsp3) is 0.250. The van der Waals surface area contributed by atoms with Crippen LogP contribution in [0.15, 0.2) is 40.9 Å². The molecule has 0 saturated carbocycles. The molecule has 0 unspecified atom stereocenters. The fourth-order valence-corrected chi connectivity index (χ4v) is 5.10. The van der Waals surface area contributed by atoms with Gasteiger partial charge in [-0.3, -0.25) is 9.59 Å². The number of rotatable bonds is 4. The zero-order chi connectivity index (χ0) is 22.4. The first-order valence-electron chi connectivity index (χ1n) is 10.5. The van der Waals surface area contributed by atoms with Gasteiger partial charge in [-0.1, -0.05) is 11.2 Å². The molecular formula is C24H22N4O3S. The lowest BCUT2D eigenvalue weighted by Crippen LogP contribution is -2.23. The highest BCUT2D eigenvalue weighted by Crippen LogP contribution is 2.33. The molecule has 1 aliphatic heterocycles. The van der Waals surface area contributed by atoms with Gasteiger partial charge in [0.05, 0.1) is 22.3 Å². The molecule has 162 valence electrons. The van der Waals surface area contributed by atoms with E-state index < -0.39 is 0 Å². The van der Waals surface area contributed by atoms with Crippen molar-refractivity contribution in [3.8, 4) is 11.3 Å². The topological polar surface area (TPSA) is 88.3 Å². The molecule has 3 aromatic heterocycles. The summed E-state index contributed by atoms with van der Waals surface area (Å²) in [4.78, 5) is 34.1. The van der Waals surface area contributed by atoms with Crippen LogP contribution in [-0.2, 0) is 4.79 Å². The van der Waals surface area contributed by atoms with Gasteiger partial charge in [0.25, 0.3) is 11.6 Å². The maximum Gasteiger partial charge on any atom is 0.259 e. The predicted octanol–water partition coefficient (Wildman–Crippen LogP) is 5.26. The highest BCUT2D eigenvalue weighted by molar-refractivity contribution is 7.12. The van der Waals surface area contributed by atoms with Crippen molar-refractivity contribution in [1.82, 2.24) is 10.1 Å². The molecule has 1 aromatic carbocycles. The van der Waals surface area contributed by atoms with E-state index in [2.05, 4.69) is 21.5 Å². The monoisotopic (exact) mass is 446 g/mol. The normalized spacial score (nSPS) is 13.8. The SMILES string of the molecule is Cc1cc(-c2cc(C(=O)Nc3cccc(N4CCCC4=O)c3)c3c(C)noc3n2)c(C)s1. The van der Waals surface area contributed by atoms with Gasteiger partial charge in [-0.15, -0.1) is 11.3 Å². The smallest absolute Gasteiger partial charge is 0.259 e. The molecule has 0 aliphatic carbocycles. The van der Waals surface area contributed by atoms with Gasteiger partial charge in [-0.05, 0) is 57.5 Å². The lowest BCUT2D eigenvalue weighted by Gasteiger charge is -2.17. The van der Waals surface area contributed by atoms with E-state index in [0.29, 0.717) is 46.7 Å². The molecule has 32 heavy (non-hydrogen) atoms. The average Bonchev–Trinajstić information content (AvgIpc) is 3.46. The van der Waals surface area contributed by atoms with Crippen molar-refractivity contribution in [1.29, 1.82) is 0 Å². The highest BCUT2D eigenvalue weighted by Gasteiger charge is 2.23. The maximum atomic E-state index is 13.4. The number of aromatic nitrogens is 2. The Labute approximate surface area is 189 Å². The molecule has 4 aromatic rings. The van der Waals surface area contributed by atoms with Crippen molar-refractivity contribution >= 4 is 45.6 Å². The predicted molar refractivity (Wildman–Crippen MR) is 125 cm³/mol. The van der Waals surface area contributed by atoms with E-state index in [0.717, 1.165) is 22.5 Å². The van der Waals surface area contributed by atoms with E-state index in [4.69, 9.17) is 4.52 Å². The zero-order valence-electron chi connectivity index (χ0n) is 18.1. The number of carbonyl (C=O) groups is 2. The Morgan fingerprint density at radius 3 is 2.75 bits per heavy atom. The van der Waals surface area contributed by atoms with E-state index in [1.54, 1.807) is 29.2 Å². The number of benzene rings is 1. The van der Waals surface area contributed by atoms with E-state index in [-0.39, 0.29) is 11.8 Å². The number of carbonyl (C=O) groups excluding carboxylic acids is 2. The van der Waals surface area contributed by atoms with Crippen molar-refractivity contribution < 1.29 is 14.1 Å². The molecule has 4 heterocycles. The van der Waals surface area contributed by atoms with Gasteiger partial charge in [0.2, 0.25) is 5.91 Å². The summed E-state index contributed by atoms with van der Waals surface area (Å²) < 4.78 is 5.42. The number of nitrogens with zero attached hydrogens (tertiary/aromatic N) is 3. The second-order valence-corrected chi connectivity index (χ2v) is 9.44. The first kappa shape index (κ1) is 20.4. The molecule has 0 radical (unpaired) electrons. The Hall–Kier alpha value is -3.52. The molecule has 0 atom stereocenters. The molecule has 1 N–H and O–H groups in total. The number of amides is 2. The number of nitrogens with one attached hydrogen (secondary N) is 1. The molecule has 0 spiro atoms. The lowest BCUT2D eigenvalue weighted by atomic mass is 10.1. The van der Waals surface area contributed by atoms with Crippen molar-refractivity contribution in [3.63, 3.8) is 0 Å². The molecule has 0 bridgehead atoms. The summed E-state index contributed by atoms with van der Waals surface area (Å²) >= 11 is 1.69. The van der Waals surface area contributed by atoms with Crippen LogP contribution >= 0.6 is 11.3 Å². The summed E-state index contributed by atoms with van der Waals surface area (Å²) in [5.74, 6) is -0.171. The van der Waals surface area contributed by atoms with E-state index in [1.807, 2.05) is 38.1 Å². The second-order valence-electron chi connectivity index (χ2n) is 7.98. The van der Waals surface area contributed by atoms with Gasteiger partial charge in [-0.2, -0.15) is 0 Å². The standard InChI is InChI=1S/C24H22N4O3S/c1-13-10-18(15(3)32-13)20-12-19(22-14(2)27-31-24(22)26-20)23(30)25-16-6-4-7-17(11-16)28-9-5-8-21(28)29/h4,6-7,10-12H,5,8-9H2,1-3H3,(H,25,30). The third-order valence-electron chi connectivity index (χ3n) is 5.67. The van der Waals surface area contributed by atoms with Gasteiger partial charge in [0.15, 0.2) is 0 Å². The maximum absolute atomic E-state index is 13.4. The number of thiophene rings is 1. The van der Waals surface area contributed by atoms with Gasteiger partial charge in [0.1, 0.15) is 0 Å². The Kier molecular flexibility index (Phi) is 5.01. The molecule has 1 fully saturated rings. The summed E-state index contributed by atoms with van der Waals surface area (Å²) in [5.41, 5.74) is 4.47. The minimum atomic E-state index is -0.278. The third-order valence-corrected chi connectivity index (χ3v) is 6.63. The van der Waals surface area contributed by atoms with Crippen LogP contribution in [0.5, 0.6) is 0 Å². The van der Waals surface area contributed by atoms with Crippen LogP contribution in [0.1, 0.15) is 38.6 Å². The van der Waals surface area contributed by atoms with Gasteiger partial charge in [-0.25, -0.2) is 4.98 Å². The molecule has 1 saturated heterocycles. The molecular weight excluding hydrogens is 424 g/mol. The molecule has 1 aliphatic rings. The van der Waals surface area contributed by atoms with Crippen LogP contribution < -0.4 is 10.2 Å². The summed E-state index contributed by atoms with van der Waals surface area (Å²) in [6.45, 7) is 6.58. The number of fused-ring (bicyclic) bond motifs is 1. The van der Waals surface area contributed by atoms with Crippen LogP contribution in [0, 0.1) is 20.8 Å².